The molecule has 0 spiro atoms. The van der Waals surface area contributed by atoms with Gasteiger partial charge < -0.3 is 10.5 Å². The maximum atomic E-state index is 13.1. The van der Waals surface area contributed by atoms with E-state index in [1.807, 2.05) is 0 Å². The third kappa shape index (κ3) is 3.10. The third-order valence-electron chi connectivity index (χ3n) is 2.26. The second kappa shape index (κ2) is 6.53. The summed E-state index contributed by atoms with van der Waals surface area (Å²) in [6.45, 7) is 0.320. The van der Waals surface area contributed by atoms with Gasteiger partial charge in [-0.25, -0.2) is 13.2 Å². The minimum absolute atomic E-state index is 0.141. The van der Waals surface area contributed by atoms with Crippen molar-refractivity contribution in [2.45, 2.75) is 19.3 Å². The molecule has 1 rings (SSSR count). The molecule has 0 heterocycles. The number of hydrogen-bond acceptors (Lipinski definition) is 2. The largest absolute Gasteiger partial charge is 0.487 e. The van der Waals surface area contributed by atoms with E-state index in [9.17, 15) is 22.0 Å². The van der Waals surface area contributed by atoms with Crippen LogP contribution in [-0.4, -0.2) is 13.2 Å². The van der Waals surface area contributed by atoms with Gasteiger partial charge in [0, 0.05) is 0 Å². The molecule has 0 saturated heterocycles. The highest BCUT2D eigenvalue weighted by atomic mass is 19.2. The minimum Gasteiger partial charge on any atom is -0.487 e. The van der Waals surface area contributed by atoms with Crippen molar-refractivity contribution in [2.75, 3.05) is 13.2 Å². The molecule has 0 saturated carbocycles. The second-order valence-corrected chi connectivity index (χ2v) is 3.60. The zero-order valence-electron chi connectivity index (χ0n) is 9.41. The van der Waals surface area contributed by atoms with E-state index in [1.165, 1.54) is 0 Å². The molecule has 7 heteroatoms. The van der Waals surface area contributed by atoms with Crippen molar-refractivity contribution < 1.29 is 26.7 Å². The van der Waals surface area contributed by atoms with Gasteiger partial charge in [-0.05, 0) is 25.8 Å². The predicted octanol–water partition coefficient (Wildman–Crippen LogP) is 2.89. The fourth-order valence-corrected chi connectivity index (χ4v) is 1.31. The molecule has 0 aromatic heterocycles. The van der Waals surface area contributed by atoms with E-state index in [1.54, 1.807) is 0 Å². The van der Waals surface area contributed by atoms with Crippen LogP contribution in [0.3, 0.4) is 0 Å². The zero-order chi connectivity index (χ0) is 13.7. The number of hydrogen-bond donors (Lipinski definition) is 1. The molecule has 1 aromatic carbocycles. The Morgan fingerprint density at radius 3 is 1.72 bits per heavy atom. The summed E-state index contributed by atoms with van der Waals surface area (Å²) in [6, 6.07) is 0. The molecule has 2 nitrogen and oxygen atoms in total. The average Bonchev–Trinajstić information content (AvgIpc) is 2.37. The Hall–Kier alpha value is -1.37. The fraction of sp³-hybridized carbons (Fsp3) is 0.455. The Kier molecular flexibility index (Phi) is 5.33. The summed E-state index contributed by atoms with van der Waals surface area (Å²) in [5.41, 5.74) is 5.22. The number of rotatable bonds is 6. The molecule has 0 unspecified atom stereocenters. The van der Waals surface area contributed by atoms with Crippen LogP contribution in [0.25, 0.3) is 0 Å². The standard InChI is InChI=1S/C11H12F5NO/c12-6-7(13)9(15)11(10(16)8(6)14)18-5-3-1-2-4-17/h1-5,17H2. The highest BCUT2D eigenvalue weighted by Crippen LogP contribution is 2.29. The van der Waals surface area contributed by atoms with Gasteiger partial charge in [0.1, 0.15) is 0 Å². The molecule has 0 aliphatic heterocycles. The predicted molar refractivity (Wildman–Crippen MR) is 54.6 cm³/mol. The van der Waals surface area contributed by atoms with E-state index < -0.39 is 34.8 Å². The molecule has 0 atom stereocenters. The Morgan fingerprint density at radius 1 is 0.722 bits per heavy atom. The molecule has 102 valence electrons. The second-order valence-electron chi connectivity index (χ2n) is 3.60. The van der Waals surface area contributed by atoms with Crippen LogP contribution < -0.4 is 10.5 Å². The lowest BCUT2D eigenvalue weighted by atomic mass is 10.2. The normalized spacial score (nSPS) is 10.8. The SMILES string of the molecule is NCCCCCOc1c(F)c(F)c(F)c(F)c1F. The first-order chi connectivity index (χ1) is 8.50. The van der Waals surface area contributed by atoms with Crippen LogP contribution in [0, 0.1) is 29.1 Å². The summed E-state index contributed by atoms with van der Waals surface area (Å²) in [7, 11) is 0. The molecule has 0 aliphatic carbocycles. The topological polar surface area (TPSA) is 35.2 Å². The van der Waals surface area contributed by atoms with Crippen molar-refractivity contribution in [3.8, 4) is 5.75 Å². The van der Waals surface area contributed by atoms with E-state index in [4.69, 9.17) is 5.73 Å². The van der Waals surface area contributed by atoms with Crippen molar-refractivity contribution in [2.24, 2.45) is 5.73 Å². The first-order valence-electron chi connectivity index (χ1n) is 5.35. The van der Waals surface area contributed by atoms with Crippen molar-refractivity contribution >= 4 is 0 Å². The summed E-state index contributed by atoms with van der Waals surface area (Å²) in [5, 5.41) is 0. The molecule has 1 aromatic rings. The van der Waals surface area contributed by atoms with Gasteiger partial charge in [0.05, 0.1) is 6.61 Å². The van der Waals surface area contributed by atoms with E-state index >= 15 is 0 Å². The maximum absolute atomic E-state index is 13.1. The average molecular weight is 269 g/mol. The highest BCUT2D eigenvalue weighted by molar-refractivity contribution is 5.29. The minimum atomic E-state index is -2.19. The van der Waals surface area contributed by atoms with Gasteiger partial charge in [-0.1, -0.05) is 0 Å². The van der Waals surface area contributed by atoms with Crippen molar-refractivity contribution in [3.63, 3.8) is 0 Å². The number of unbranched alkanes of at least 4 members (excludes halogenated alkanes) is 2. The molecular weight excluding hydrogens is 257 g/mol. The van der Waals surface area contributed by atoms with Crippen LogP contribution in [0.5, 0.6) is 5.75 Å². The van der Waals surface area contributed by atoms with Gasteiger partial charge in [0.25, 0.3) is 0 Å². The molecular formula is C11H12F5NO. The van der Waals surface area contributed by atoms with E-state index in [2.05, 4.69) is 4.74 Å². The van der Waals surface area contributed by atoms with Gasteiger partial charge in [0.15, 0.2) is 5.75 Å². The molecule has 2 N–H and O–H groups in total. The van der Waals surface area contributed by atoms with Crippen LogP contribution in [0.4, 0.5) is 22.0 Å². The van der Waals surface area contributed by atoms with Gasteiger partial charge in [-0.15, -0.1) is 0 Å². The van der Waals surface area contributed by atoms with E-state index in [-0.39, 0.29) is 6.61 Å². The quantitative estimate of drug-likeness (QED) is 0.373. The number of ether oxygens (including phenoxy) is 1. The Bertz CT molecular complexity index is 395. The molecule has 0 fully saturated rings. The van der Waals surface area contributed by atoms with Crippen LogP contribution >= 0.6 is 0 Å². The van der Waals surface area contributed by atoms with Crippen molar-refractivity contribution in [3.05, 3.63) is 29.1 Å². The molecule has 0 radical (unpaired) electrons. The monoisotopic (exact) mass is 269 g/mol. The lowest BCUT2D eigenvalue weighted by Gasteiger charge is -2.09. The van der Waals surface area contributed by atoms with Gasteiger partial charge in [-0.2, -0.15) is 8.78 Å². The number of nitrogens with two attached hydrogens (primary N) is 1. The van der Waals surface area contributed by atoms with Crippen LogP contribution in [0.1, 0.15) is 19.3 Å². The van der Waals surface area contributed by atoms with Crippen LogP contribution in [0.2, 0.25) is 0 Å². The molecule has 0 amide bonds. The first-order valence-corrected chi connectivity index (χ1v) is 5.35. The van der Waals surface area contributed by atoms with Crippen LogP contribution in [0.15, 0.2) is 0 Å². The summed E-state index contributed by atoms with van der Waals surface area (Å²) in [5.74, 6) is -11.4. The summed E-state index contributed by atoms with van der Waals surface area (Å²) in [4.78, 5) is 0. The van der Waals surface area contributed by atoms with E-state index in [0.29, 0.717) is 25.8 Å². The summed E-state index contributed by atoms with van der Waals surface area (Å²) in [6.07, 6.45) is 1.75. The molecule has 0 aliphatic rings. The summed E-state index contributed by atoms with van der Waals surface area (Å²) < 4.78 is 69.1. The van der Waals surface area contributed by atoms with Gasteiger partial charge >= 0.3 is 0 Å². The highest BCUT2D eigenvalue weighted by Gasteiger charge is 2.26. The maximum Gasteiger partial charge on any atom is 0.206 e. The number of halogens is 5. The van der Waals surface area contributed by atoms with E-state index in [0.717, 1.165) is 0 Å². The smallest absolute Gasteiger partial charge is 0.206 e. The van der Waals surface area contributed by atoms with Crippen molar-refractivity contribution in [1.82, 2.24) is 0 Å². The fourth-order valence-electron chi connectivity index (χ4n) is 1.31. The lowest BCUT2D eigenvalue weighted by Crippen LogP contribution is -2.08. The Labute approximate surface area is 101 Å². The lowest BCUT2D eigenvalue weighted by molar-refractivity contribution is 0.256. The Morgan fingerprint density at radius 2 is 1.22 bits per heavy atom. The van der Waals surface area contributed by atoms with Crippen LogP contribution in [-0.2, 0) is 0 Å². The third-order valence-corrected chi connectivity index (χ3v) is 2.26. The Balaban J connectivity index is 2.77. The van der Waals surface area contributed by atoms with Crippen molar-refractivity contribution in [1.29, 1.82) is 0 Å². The first kappa shape index (κ1) is 14.7. The molecule has 0 bridgehead atoms. The zero-order valence-corrected chi connectivity index (χ0v) is 9.41. The summed E-state index contributed by atoms with van der Waals surface area (Å²) >= 11 is 0. The molecule has 18 heavy (non-hydrogen) atoms. The van der Waals surface area contributed by atoms with Gasteiger partial charge in [-0.3, -0.25) is 0 Å². The van der Waals surface area contributed by atoms with Gasteiger partial charge in [0.2, 0.25) is 29.1 Å². The number of benzene rings is 1.